The maximum absolute atomic E-state index is 10.9. The van der Waals surface area contributed by atoms with Gasteiger partial charge in [0.1, 0.15) is 0 Å². The highest BCUT2D eigenvalue weighted by molar-refractivity contribution is 7.81. The monoisotopic (exact) mass is 173 g/mol. The average Bonchev–Trinajstić information content (AvgIpc) is 1.98. The van der Waals surface area contributed by atoms with E-state index in [2.05, 4.69) is 12.6 Å². The van der Waals surface area contributed by atoms with Crippen molar-refractivity contribution in [3.05, 3.63) is 0 Å². The van der Waals surface area contributed by atoms with Gasteiger partial charge in [-0.05, 0) is 12.3 Å². The fraction of sp³-hybridized carbons (Fsp3) is 0.750. The van der Waals surface area contributed by atoms with Crippen LogP contribution in [0.1, 0.15) is 20.3 Å². The summed E-state index contributed by atoms with van der Waals surface area (Å²) in [6, 6.07) is 0. The van der Waals surface area contributed by atoms with Crippen LogP contribution >= 0.6 is 12.6 Å². The molecular weight excluding hydrogens is 160 g/mol. The highest BCUT2D eigenvalue weighted by atomic mass is 32.1. The third-order valence-electron chi connectivity index (χ3n) is 1.39. The summed E-state index contributed by atoms with van der Waals surface area (Å²) in [5.74, 6) is -0.207. The predicted octanol–water partition coefficient (Wildman–Crippen LogP) is 1.26. The summed E-state index contributed by atoms with van der Waals surface area (Å²) < 4.78 is 0. The summed E-state index contributed by atoms with van der Waals surface area (Å²) in [7, 11) is 0. The number of carbonyl (C=O) groups is 1. The molecule has 0 fully saturated rings. The lowest BCUT2D eigenvalue weighted by molar-refractivity contribution is -0.118. The van der Waals surface area contributed by atoms with Gasteiger partial charge in [0.2, 0.25) is 6.29 Å². The van der Waals surface area contributed by atoms with Gasteiger partial charge in [-0.2, -0.15) is 12.6 Å². The molecule has 1 unspecified atom stereocenters. The van der Waals surface area contributed by atoms with Crippen LogP contribution in [-0.4, -0.2) is 17.8 Å². The van der Waals surface area contributed by atoms with Gasteiger partial charge >= 0.3 is 0 Å². The summed E-state index contributed by atoms with van der Waals surface area (Å²) >= 11 is 3.80. The van der Waals surface area contributed by atoms with Crippen molar-refractivity contribution in [1.29, 1.82) is 0 Å². The van der Waals surface area contributed by atoms with E-state index in [-0.39, 0.29) is 11.5 Å². The summed E-state index contributed by atoms with van der Waals surface area (Å²) in [6.07, 6.45) is 2.32. The molecule has 1 atom stereocenters. The van der Waals surface area contributed by atoms with Crippen LogP contribution < -0.4 is 0 Å². The van der Waals surface area contributed by atoms with Crippen LogP contribution in [0.15, 0.2) is 0 Å². The SMILES string of the molecule is CC(C)CC([C]=O)C(=O)CS. The zero-order valence-electron chi connectivity index (χ0n) is 6.83. The lowest BCUT2D eigenvalue weighted by Gasteiger charge is -2.08. The minimum absolute atomic E-state index is 0.128. The molecule has 0 bridgehead atoms. The number of hydrogen-bond donors (Lipinski definition) is 1. The van der Waals surface area contributed by atoms with Crippen LogP contribution in [0, 0.1) is 11.8 Å². The number of rotatable bonds is 5. The number of carbonyl (C=O) groups excluding carboxylic acids is 2. The highest BCUT2D eigenvalue weighted by Gasteiger charge is 2.17. The molecule has 11 heavy (non-hydrogen) atoms. The van der Waals surface area contributed by atoms with Crippen molar-refractivity contribution in [3.63, 3.8) is 0 Å². The van der Waals surface area contributed by atoms with E-state index in [1.807, 2.05) is 13.8 Å². The summed E-state index contributed by atoms with van der Waals surface area (Å²) in [5.41, 5.74) is 0. The van der Waals surface area contributed by atoms with Gasteiger partial charge in [-0.25, -0.2) is 0 Å². The van der Waals surface area contributed by atoms with Gasteiger partial charge in [0, 0.05) is 5.75 Å². The van der Waals surface area contributed by atoms with E-state index in [4.69, 9.17) is 0 Å². The van der Waals surface area contributed by atoms with Crippen LogP contribution in [-0.2, 0) is 9.59 Å². The largest absolute Gasteiger partial charge is 0.298 e. The molecule has 0 aliphatic rings. The first kappa shape index (κ1) is 10.7. The van der Waals surface area contributed by atoms with E-state index in [1.54, 1.807) is 6.29 Å². The van der Waals surface area contributed by atoms with Crippen molar-refractivity contribution in [2.75, 3.05) is 5.75 Å². The molecule has 3 heteroatoms. The Morgan fingerprint density at radius 2 is 2.09 bits per heavy atom. The maximum Gasteiger partial charge on any atom is 0.209 e. The first-order valence-corrected chi connectivity index (χ1v) is 4.26. The van der Waals surface area contributed by atoms with Gasteiger partial charge in [0.05, 0.1) is 5.92 Å². The van der Waals surface area contributed by atoms with Crippen LogP contribution in [0.4, 0.5) is 0 Å². The second-order valence-corrected chi connectivity index (χ2v) is 3.24. The van der Waals surface area contributed by atoms with Crippen molar-refractivity contribution in [1.82, 2.24) is 0 Å². The fourth-order valence-electron chi connectivity index (χ4n) is 0.827. The molecular formula is C8H13O2S. The smallest absolute Gasteiger partial charge is 0.209 e. The Labute approximate surface area is 72.8 Å². The average molecular weight is 173 g/mol. The van der Waals surface area contributed by atoms with E-state index in [9.17, 15) is 9.59 Å². The topological polar surface area (TPSA) is 34.1 Å². The zero-order chi connectivity index (χ0) is 8.85. The zero-order valence-corrected chi connectivity index (χ0v) is 7.73. The number of thiol groups is 1. The van der Waals surface area contributed by atoms with E-state index in [0.29, 0.717) is 12.3 Å². The lowest BCUT2D eigenvalue weighted by Crippen LogP contribution is -2.19. The lowest BCUT2D eigenvalue weighted by atomic mass is 9.95. The van der Waals surface area contributed by atoms with Crippen molar-refractivity contribution >= 4 is 24.7 Å². The molecule has 0 amide bonds. The third-order valence-corrected chi connectivity index (χ3v) is 1.71. The highest BCUT2D eigenvalue weighted by Crippen LogP contribution is 2.10. The second kappa shape index (κ2) is 5.35. The van der Waals surface area contributed by atoms with Crippen molar-refractivity contribution in [3.8, 4) is 0 Å². The van der Waals surface area contributed by atoms with Crippen LogP contribution in [0.25, 0.3) is 0 Å². The van der Waals surface area contributed by atoms with Gasteiger partial charge in [0.25, 0.3) is 0 Å². The Bertz CT molecular complexity index is 143. The van der Waals surface area contributed by atoms with Crippen LogP contribution in [0.5, 0.6) is 0 Å². The Hall–Kier alpha value is -0.310. The molecule has 0 heterocycles. The Kier molecular flexibility index (Phi) is 5.20. The molecule has 0 saturated heterocycles. The molecule has 2 nitrogen and oxygen atoms in total. The standard InChI is InChI=1S/C8H13O2S/c1-6(2)3-7(4-9)8(10)5-11/h6-7,11H,3,5H2,1-2H3. The van der Waals surface area contributed by atoms with Gasteiger partial charge in [-0.15, -0.1) is 0 Å². The predicted molar refractivity (Wildman–Crippen MR) is 47.5 cm³/mol. The number of hydrogen-bond acceptors (Lipinski definition) is 3. The van der Waals surface area contributed by atoms with E-state index >= 15 is 0 Å². The first-order chi connectivity index (χ1) is 5.11. The molecule has 0 N–H and O–H groups in total. The molecule has 0 aromatic carbocycles. The van der Waals surface area contributed by atoms with Gasteiger partial charge in [-0.3, -0.25) is 9.59 Å². The van der Waals surface area contributed by atoms with Gasteiger partial charge in [-0.1, -0.05) is 13.8 Å². The van der Waals surface area contributed by atoms with Gasteiger partial charge < -0.3 is 0 Å². The van der Waals surface area contributed by atoms with E-state index in [0.717, 1.165) is 0 Å². The third kappa shape index (κ3) is 4.19. The van der Waals surface area contributed by atoms with E-state index in [1.165, 1.54) is 0 Å². The quantitative estimate of drug-likeness (QED) is 0.501. The van der Waals surface area contributed by atoms with Crippen LogP contribution in [0.3, 0.4) is 0 Å². The van der Waals surface area contributed by atoms with Crippen molar-refractivity contribution in [2.24, 2.45) is 11.8 Å². The van der Waals surface area contributed by atoms with Gasteiger partial charge in [0.15, 0.2) is 5.78 Å². The normalized spacial score (nSPS) is 13.1. The second-order valence-electron chi connectivity index (χ2n) is 2.92. The molecule has 0 aliphatic carbocycles. The number of Topliss-reactive ketones (excluding diaryl/α,β-unsaturated/α-hetero) is 1. The molecule has 0 saturated carbocycles. The molecule has 0 aromatic heterocycles. The number of ketones is 1. The first-order valence-electron chi connectivity index (χ1n) is 3.63. The minimum atomic E-state index is -0.563. The summed E-state index contributed by atoms with van der Waals surface area (Å²) in [5, 5.41) is 0. The molecule has 63 valence electrons. The minimum Gasteiger partial charge on any atom is -0.298 e. The Morgan fingerprint density at radius 3 is 2.36 bits per heavy atom. The summed E-state index contributed by atoms with van der Waals surface area (Å²) in [4.78, 5) is 21.2. The van der Waals surface area contributed by atoms with Crippen LogP contribution in [0.2, 0.25) is 0 Å². The summed E-state index contributed by atoms with van der Waals surface area (Å²) in [6.45, 7) is 3.94. The van der Waals surface area contributed by atoms with Crippen molar-refractivity contribution in [2.45, 2.75) is 20.3 Å². The fourth-order valence-corrected chi connectivity index (χ4v) is 1.05. The molecule has 0 aromatic rings. The molecule has 0 rings (SSSR count). The maximum atomic E-state index is 10.9. The van der Waals surface area contributed by atoms with E-state index < -0.39 is 5.92 Å². The van der Waals surface area contributed by atoms with Crippen molar-refractivity contribution < 1.29 is 9.59 Å². The Balaban J connectivity index is 3.95. The molecule has 0 aliphatic heterocycles. The molecule has 0 spiro atoms. The Morgan fingerprint density at radius 1 is 1.55 bits per heavy atom. The molecule has 1 radical (unpaired) electrons.